The number of nitrogens with zero attached hydrogens (tertiary/aromatic N) is 5. The summed E-state index contributed by atoms with van der Waals surface area (Å²) in [5.74, 6) is 0.656. The van der Waals surface area contributed by atoms with E-state index in [1.165, 1.54) is 11.3 Å². The topological polar surface area (TPSA) is 105 Å². The number of hydrogen-bond acceptors (Lipinski definition) is 7. The molecule has 2 N–H and O–H groups in total. The van der Waals surface area contributed by atoms with Gasteiger partial charge in [-0.05, 0) is 49.3 Å². The molecular formula is C19H21N7O2S. The van der Waals surface area contributed by atoms with Crippen molar-refractivity contribution in [3.63, 3.8) is 0 Å². The molecule has 5 rings (SSSR count). The average Bonchev–Trinajstić information content (AvgIpc) is 3.24. The molecular weight excluding hydrogens is 390 g/mol. The van der Waals surface area contributed by atoms with Crippen molar-refractivity contribution >= 4 is 39.6 Å². The molecule has 0 aromatic carbocycles. The third-order valence-electron chi connectivity index (χ3n) is 5.40. The first-order chi connectivity index (χ1) is 14.2. The molecule has 0 unspecified atom stereocenters. The minimum absolute atomic E-state index is 0.0187. The second-order valence-electron chi connectivity index (χ2n) is 7.49. The van der Waals surface area contributed by atoms with E-state index in [1.807, 2.05) is 17.5 Å². The largest absolute Gasteiger partial charge is 0.355 e. The van der Waals surface area contributed by atoms with Gasteiger partial charge in [0.05, 0.1) is 5.56 Å². The highest BCUT2D eigenvalue weighted by Crippen LogP contribution is 2.28. The van der Waals surface area contributed by atoms with Crippen LogP contribution in [0.3, 0.4) is 0 Å². The number of carbonyl (C=O) groups is 2. The normalized spacial score (nSPS) is 17.4. The molecule has 4 heterocycles. The van der Waals surface area contributed by atoms with Crippen molar-refractivity contribution in [2.24, 2.45) is 5.92 Å². The standard InChI is InChI=1S/C19H21N7O2S/c27-17(22-19-14(7-10-29-19)18(28)21-13-1-2-13)12-5-8-25(9-6-12)16-4-3-15-23-20-11-26(15)24-16/h3-4,7,10-13H,1-2,5-6,8-9H2,(H,21,28)(H,22,27). The van der Waals surface area contributed by atoms with Crippen LogP contribution in [0.5, 0.6) is 0 Å². The molecule has 3 aromatic heterocycles. The van der Waals surface area contributed by atoms with Crippen molar-refractivity contribution in [3.05, 3.63) is 35.5 Å². The van der Waals surface area contributed by atoms with Crippen molar-refractivity contribution in [1.29, 1.82) is 0 Å². The van der Waals surface area contributed by atoms with Crippen LogP contribution in [0, 0.1) is 5.92 Å². The van der Waals surface area contributed by atoms with Crippen molar-refractivity contribution in [1.82, 2.24) is 25.1 Å². The number of nitrogens with one attached hydrogen (secondary N) is 2. The van der Waals surface area contributed by atoms with Crippen molar-refractivity contribution in [3.8, 4) is 0 Å². The Kier molecular flexibility index (Phi) is 4.62. The summed E-state index contributed by atoms with van der Waals surface area (Å²) in [5.41, 5.74) is 1.26. The van der Waals surface area contributed by atoms with Crippen LogP contribution in [-0.4, -0.2) is 50.8 Å². The van der Waals surface area contributed by atoms with Gasteiger partial charge in [0.15, 0.2) is 5.65 Å². The van der Waals surface area contributed by atoms with Crippen molar-refractivity contribution in [2.75, 3.05) is 23.3 Å². The lowest BCUT2D eigenvalue weighted by atomic mass is 9.96. The zero-order chi connectivity index (χ0) is 19.8. The molecule has 0 bridgehead atoms. The minimum atomic E-state index is -0.102. The molecule has 0 radical (unpaired) electrons. The van der Waals surface area contributed by atoms with E-state index in [0.717, 1.165) is 44.6 Å². The first-order valence-corrected chi connectivity index (χ1v) is 10.7. The third kappa shape index (κ3) is 3.80. The van der Waals surface area contributed by atoms with Gasteiger partial charge < -0.3 is 15.5 Å². The van der Waals surface area contributed by atoms with E-state index in [2.05, 4.69) is 30.8 Å². The van der Waals surface area contributed by atoms with Crippen LogP contribution in [0.25, 0.3) is 5.65 Å². The number of piperidine rings is 1. The van der Waals surface area contributed by atoms with Gasteiger partial charge in [-0.2, -0.15) is 4.52 Å². The lowest BCUT2D eigenvalue weighted by Crippen LogP contribution is -2.38. The molecule has 2 fully saturated rings. The smallest absolute Gasteiger partial charge is 0.254 e. The molecule has 3 aromatic rings. The zero-order valence-electron chi connectivity index (χ0n) is 15.7. The molecule has 1 saturated heterocycles. The van der Waals surface area contributed by atoms with Crippen molar-refractivity contribution in [2.45, 2.75) is 31.7 Å². The van der Waals surface area contributed by atoms with E-state index in [1.54, 1.807) is 16.9 Å². The van der Waals surface area contributed by atoms with Crippen LogP contribution >= 0.6 is 11.3 Å². The van der Waals surface area contributed by atoms with Crippen LogP contribution in [0.4, 0.5) is 10.8 Å². The van der Waals surface area contributed by atoms with Crippen LogP contribution < -0.4 is 15.5 Å². The maximum atomic E-state index is 12.8. The predicted octanol–water partition coefficient (Wildman–Crippen LogP) is 1.93. The number of aromatic nitrogens is 4. The monoisotopic (exact) mass is 411 g/mol. The summed E-state index contributed by atoms with van der Waals surface area (Å²) in [4.78, 5) is 27.3. The lowest BCUT2D eigenvalue weighted by Gasteiger charge is -2.31. The lowest BCUT2D eigenvalue weighted by molar-refractivity contribution is -0.120. The molecule has 0 spiro atoms. The van der Waals surface area contributed by atoms with Gasteiger partial charge in [0.1, 0.15) is 17.1 Å². The number of thiophene rings is 1. The number of rotatable bonds is 5. The van der Waals surface area contributed by atoms with Gasteiger partial charge in [-0.25, -0.2) is 0 Å². The molecule has 29 heavy (non-hydrogen) atoms. The molecule has 9 nitrogen and oxygen atoms in total. The number of fused-ring (bicyclic) bond motifs is 1. The van der Waals surface area contributed by atoms with E-state index < -0.39 is 0 Å². The Bertz CT molecular complexity index is 1050. The van der Waals surface area contributed by atoms with Crippen molar-refractivity contribution < 1.29 is 9.59 Å². The Balaban J connectivity index is 1.19. The first kappa shape index (κ1) is 18.0. The number of hydrogen-bond donors (Lipinski definition) is 2. The van der Waals surface area contributed by atoms with Crippen LogP contribution in [-0.2, 0) is 4.79 Å². The van der Waals surface area contributed by atoms with Gasteiger partial charge in [0.2, 0.25) is 5.91 Å². The van der Waals surface area contributed by atoms with E-state index >= 15 is 0 Å². The molecule has 150 valence electrons. The Morgan fingerprint density at radius 3 is 2.72 bits per heavy atom. The second kappa shape index (κ2) is 7.43. The predicted molar refractivity (Wildman–Crippen MR) is 109 cm³/mol. The maximum absolute atomic E-state index is 12.8. The fourth-order valence-electron chi connectivity index (χ4n) is 3.55. The van der Waals surface area contributed by atoms with Gasteiger partial charge in [0.25, 0.3) is 5.91 Å². The fraction of sp³-hybridized carbons (Fsp3) is 0.421. The van der Waals surface area contributed by atoms with E-state index in [-0.39, 0.29) is 17.7 Å². The van der Waals surface area contributed by atoms with Gasteiger partial charge in [-0.15, -0.1) is 26.6 Å². The van der Waals surface area contributed by atoms with Crippen LogP contribution in [0.1, 0.15) is 36.0 Å². The van der Waals surface area contributed by atoms with Gasteiger partial charge in [-0.1, -0.05) is 0 Å². The van der Waals surface area contributed by atoms with Gasteiger partial charge in [0, 0.05) is 25.0 Å². The Morgan fingerprint density at radius 1 is 1.10 bits per heavy atom. The van der Waals surface area contributed by atoms with E-state index in [0.29, 0.717) is 22.3 Å². The first-order valence-electron chi connectivity index (χ1n) is 9.78. The summed E-state index contributed by atoms with van der Waals surface area (Å²) in [6, 6.07) is 5.88. The highest BCUT2D eigenvalue weighted by molar-refractivity contribution is 7.14. The average molecular weight is 411 g/mol. The number of anilines is 2. The molecule has 2 amide bonds. The molecule has 2 aliphatic rings. The zero-order valence-corrected chi connectivity index (χ0v) is 16.6. The van der Waals surface area contributed by atoms with Crippen LogP contribution in [0.15, 0.2) is 29.9 Å². The number of amides is 2. The number of carbonyl (C=O) groups excluding carboxylic acids is 2. The fourth-order valence-corrected chi connectivity index (χ4v) is 4.33. The molecule has 10 heteroatoms. The van der Waals surface area contributed by atoms with Gasteiger partial charge >= 0.3 is 0 Å². The molecule has 0 atom stereocenters. The Labute approximate surface area is 171 Å². The summed E-state index contributed by atoms with van der Waals surface area (Å²) in [6.07, 6.45) is 5.13. The van der Waals surface area contributed by atoms with Gasteiger partial charge in [-0.3, -0.25) is 9.59 Å². The van der Waals surface area contributed by atoms with E-state index in [9.17, 15) is 9.59 Å². The molecule has 1 saturated carbocycles. The SMILES string of the molecule is O=C(NC1CC1)c1ccsc1NC(=O)C1CCN(c2ccc3nncn3n2)CC1. The summed E-state index contributed by atoms with van der Waals surface area (Å²) >= 11 is 1.39. The Hall–Kier alpha value is -3.01. The summed E-state index contributed by atoms with van der Waals surface area (Å²) in [5, 5.41) is 20.8. The minimum Gasteiger partial charge on any atom is -0.355 e. The highest BCUT2D eigenvalue weighted by Gasteiger charge is 2.28. The highest BCUT2D eigenvalue weighted by atomic mass is 32.1. The third-order valence-corrected chi connectivity index (χ3v) is 6.23. The molecule has 1 aliphatic heterocycles. The Morgan fingerprint density at radius 2 is 1.93 bits per heavy atom. The quantitative estimate of drug-likeness (QED) is 0.665. The summed E-state index contributed by atoms with van der Waals surface area (Å²) in [6.45, 7) is 1.50. The van der Waals surface area contributed by atoms with Crippen LogP contribution in [0.2, 0.25) is 0 Å². The summed E-state index contributed by atoms with van der Waals surface area (Å²) < 4.78 is 1.65. The summed E-state index contributed by atoms with van der Waals surface area (Å²) in [7, 11) is 0. The second-order valence-corrected chi connectivity index (χ2v) is 8.40. The molecule has 1 aliphatic carbocycles. The van der Waals surface area contributed by atoms with E-state index in [4.69, 9.17) is 0 Å². The maximum Gasteiger partial charge on any atom is 0.254 e.